The lowest BCUT2D eigenvalue weighted by molar-refractivity contribution is -0.121. The molecule has 3 rings (SSSR count). The van der Waals surface area contributed by atoms with Gasteiger partial charge in [-0.15, -0.1) is 0 Å². The number of nitrogens with one attached hydrogen (secondary N) is 1. The van der Waals surface area contributed by atoms with Crippen LogP contribution in [-0.4, -0.2) is 26.5 Å². The Balaban J connectivity index is 1.51. The number of carbonyl (C=O) groups is 1. The second-order valence-electron chi connectivity index (χ2n) is 5.71. The van der Waals surface area contributed by atoms with Crippen molar-refractivity contribution in [1.29, 1.82) is 0 Å². The summed E-state index contributed by atoms with van der Waals surface area (Å²) >= 11 is 0. The first kappa shape index (κ1) is 15.2. The molecule has 5 nitrogen and oxygen atoms in total. The van der Waals surface area contributed by atoms with Crippen molar-refractivity contribution in [1.82, 2.24) is 19.9 Å². The molecule has 1 unspecified atom stereocenters. The van der Waals surface area contributed by atoms with Crippen molar-refractivity contribution >= 4 is 16.9 Å². The Morgan fingerprint density at radius 2 is 2.13 bits per heavy atom. The van der Waals surface area contributed by atoms with Gasteiger partial charge >= 0.3 is 0 Å². The van der Waals surface area contributed by atoms with E-state index >= 15 is 0 Å². The quantitative estimate of drug-likeness (QED) is 0.761. The minimum absolute atomic E-state index is 0.0548. The SMILES string of the molecule is CC(Cc1cccnc1)NC(=O)CCn1cnc2ccccc21. The molecule has 5 heteroatoms. The highest BCUT2D eigenvalue weighted by molar-refractivity contribution is 5.77. The zero-order valence-electron chi connectivity index (χ0n) is 13.1. The van der Waals surface area contributed by atoms with Crippen LogP contribution in [0.4, 0.5) is 0 Å². The van der Waals surface area contributed by atoms with Gasteiger partial charge in [0.15, 0.2) is 0 Å². The maximum absolute atomic E-state index is 12.1. The predicted molar refractivity (Wildman–Crippen MR) is 89.9 cm³/mol. The van der Waals surface area contributed by atoms with Crippen LogP contribution in [0.15, 0.2) is 55.1 Å². The number of carbonyl (C=O) groups excluding carboxylic acids is 1. The van der Waals surface area contributed by atoms with Crippen LogP contribution >= 0.6 is 0 Å². The molecule has 0 fully saturated rings. The monoisotopic (exact) mass is 308 g/mol. The van der Waals surface area contributed by atoms with Crippen LogP contribution in [0.1, 0.15) is 18.9 Å². The molecule has 118 valence electrons. The molecule has 23 heavy (non-hydrogen) atoms. The molecule has 1 N–H and O–H groups in total. The van der Waals surface area contributed by atoms with Crippen LogP contribution in [0, 0.1) is 0 Å². The van der Waals surface area contributed by atoms with E-state index in [-0.39, 0.29) is 11.9 Å². The molecule has 0 saturated heterocycles. The second kappa shape index (κ2) is 7.05. The Morgan fingerprint density at radius 1 is 1.26 bits per heavy atom. The number of fused-ring (bicyclic) bond motifs is 1. The van der Waals surface area contributed by atoms with Crippen molar-refractivity contribution in [2.45, 2.75) is 32.4 Å². The fourth-order valence-electron chi connectivity index (χ4n) is 2.68. The van der Waals surface area contributed by atoms with E-state index < -0.39 is 0 Å². The summed E-state index contributed by atoms with van der Waals surface area (Å²) in [4.78, 5) is 20.5. The molecule has 1 atom stereocenters. The van der Waals surface area contributed by atoms with Crippen molar-refractivity contribution in [2.75, 3.05) is 0 Å². The number of benzene rings is 1. The number of hydrogen-bond acceptors (Lipinski definition) is 3. The van der Waals surface area contributed by atoms with Crippen molar-refractivity contribution < 1.29 is 4.79 Å². The highest BCUT2D eigenvalue weighted by Gasteiger charge is 2.09. The summed E-state index contributed by atoms with van der Waals surface area (Å²) in [5, 5.41) is 3.04. The summed E-state index contributed by atoms with van der Waals surface area (Å²) < 4.78 is 2.01. The average Bonchev–Trinajstić information content (AvgIpc) is 2.97. The van der Waals surface area contributed by atoms with Gasteiger partial charge in [-0.25, -0.2) is 4.98 Å². The number of nitrogens with zero attached hydrogens (tertiary/aromatic N) is 3. The number of pyridine rings is 1. The van der Waals surface area contributed by atoms with E-state index in [9.17, 15) is 4.79 Å². The molecule has 2 heterocycles. The van der Waals surface area contributed by atoms with E-state index in [1.807, 2.05) is 54.1 Å². The third-order valence-electron chi connectivity index (χ3n) is 3.78. The van der Waals surface area contributed by atoms with E-state index in [1.54, 1.807) is 12.5 Å². The van der Waals surface area contributed by atoms with Crippen molar-refractivity contribution in [3.05, 3.63) is 60.7 Å². The van der Waals surface area contributed by atoms with Gasteiger partial charge in [-0.05, 0) is 37.1 Å². The van der Waals surface area contributed by atoms with Crippen molar-refractivity contribution in [3.8, 4) is 0 Å². The number of amides is 1. The highest BCUT2D eigenvalue weighted by Crippen LogP contribution is 2.12. The minimum Gasteiger partial charge on any atom is -0.353 e. The third kappa shape index (κ3) is 3.94. The second-order valence-corrected chi connectivity index (χ2v) is 5.71. The van der Waals surface area contributed by atoms with Gasteiger partial charge in [0, 0.05) is 31.4 Å². The maximum Gasteiger partial charge on any atom is 0.222 e. The Bertz CT molecular complexity index is 782. The summed E-state index contributed by atoms with van der Waals surface area (Å²) in [7, 11) is 0. The first-order chi connectivity index (χ1) is 11.2. The zero-order chi connectivity index (χ0) is 16.1. The van der Waals surface area contributed by atoms with Crippen LogP contribution in [0.5, 0.6) is 0 Å². The van der Waals surface area contributed by atoms with Crippen molar-refractivity contribution in [3.63, 3.8) is 0 Å². The van der Waals surface area contributed by atoms with Gasteiger partial charge in [-0.2, -0.15) is 0 Å². The maximum atomic E-state index is 12.1. The number of imidazole rings is 1. The van der Waals surface area contributed by atoms with Crippen molar-refractivity contribution in [2.24, 2.45) is 0 Å². The van der Waals surface area contributed by atoms with Crippen LogP contribution in [0.2, 0.25) is 0 Å². The first-order valence-electron chi connectivity index (χ1n) is 7.80. The molecule has 0 radical (unpaired) electrons. The first-order valence-corrected chi connectivity index (χ1v) is 7.80. The van der Waals surface area contributed by atoms with E-state index in [1.165, 1.54) is 0 Å². The van der Waals surface area contributed by atoms with Gasteiger partial charge < -0.3 is 9.88 Å². The Labute approximate surface area is 135 Å². The zero-order valence-corrected chi connectivity index (χ0v) is 13.1. The normalized spacial score (nSPS) is 12.2. The molecule has 0 spiro atoms. The molecule has 0 bridgehead atoms. The molecule has 0 aliphatic rings. The standard InChI is InChI=1S/C18H20N4O/c1-14(11-15-5-4-9-19-12-15)21-18(23)8-10-22-13-20-16-6-2-3-7-17(16)22/h2-7,9,12-14H,8,10-11H2,1H3,(H,21,23). The summed E-state index contributed by atoms with van der Waals surface area (Å²) in [6, 6.07) is 12.0. The number of para-hydroxylation sites is 2. The Morgan fingerprint density at radius 3 is 2.96 bits per heavy atom. The predicted octanol–water partition coefficient (Wildman–Crippen LogP) is 2.57. The van der Waals surface area contributed by atoms with Gasteiger partial charge in [0.2, 0.25) is 5.91 Å². The number of aryl methyl sites for hydroxylation is 1. The summed E-state index contributed by atoms with van der Waals surface area (Å²) in [5.74, 6) is 0.0548. The lowest BCUT2D eigenvalue weighted by atomic mass is 10.1. The molecular formula is C18H20N4O. The minimum atomic E-state index is 0.0548. The molecule has 1 amide bonds. The number of hydrogen-bond donors (Lipinski definition) is 1. The lowest BCUT2D eigenvalue weighted by Gasteiger charge is -2.14. The van der Waals surface area contributed by atoms with E-state index in [2.05, 4.69) is 15.3 Å². The summed E-state index contributed by atoms with van der Waals surface area (Å²) in [6.07, 6.45) is 6.60. The fourth-order valence-corrected chi connectivity index (χ4v) is 2.68. The molecule has 0 saturated carbocycles. The summed E-state index contributed by atoms with van der Waals surface area (Å²) in [5.41, 5.74) is 3.14. The van der Waals surface area contributed by atoms with Gasteiger partial charge in [0.1, 0.15) is 0 Å². The van der Waals surface area contributed by atoms with Crippen LogP contribution in [0.25, 0.3) is 11.0 Å². The van der Waals surface area contributed by atoms with Crippen LogP contribution < -0.4 is 5.32 Å². The average molecular weight is 308 g/mol. The Kier molecular flexibility index (Phi) is 4.66. The molecule has 1 aromatic carbocycles. The van der Waals surface area contributed by atoms with Crippen LogP contribution in [-0.2, 0) is 17.8 Å². The Hall–Kier alpha value is -2.69. The van der Waals surface area contributed by atoms with E-state index in [4.69, 9.17) is 0 Å². The highest BCUT2D eigenvalue weighted by atomic mass is 16.1. The number of rotatable bonds is 6. The van der Waals surface area contributed by atoms with E-state index in [0.29, 0.717) is 13.0 Å². The summed E-state index contributed by atoms with van der Waals surface area (Å²) in [6.45, 7) is 2.64. The smallest absolute Gasteiger partial charge is 0.222 e. The largest absolute Gasteiger partial charge is 0.353 e. The molecule has 2 aromatic heterocycles. The molecule has 0 aliphatic carbocycles. The van der Waals surface area contributed by atoms with E-state index in [0.717, 1.165) is 23.0 Å². The lowest BCUT2D eigenvalue weighted by Crippen LogP contribution is -2.34. The topological polar surface area (TPSA) is 59.8 Å². The number of aromatic nitrogens is 3. The van der Waals surface area contributed by atoms with Gasteiger partial charge in [0.25, 0.3) is 0 Å². The molecule has 3 aromatic rings. The molecule has 0 aliphatic heterocycles. The van der Waals surface area contributed by atoms with Gasteiger partial charge in [-0.3, -0.25) is 9.78 Å². The van der Waals surface area contributed by atoms with Crippen LogP contribution in [0.3, 0.4) is 0 Å². The van der Waals surface area contributed by atoms with Gasteiger partial charge in [-0.1, -0.05) is 18.2 Å². The fraction of sp³-hybridized carbons (Fsp3) is 0.278. The van der Waals surface area contributed by atoms with Gasteiger partial charge in [0.05, 0.1) is 17.4 Å². The third-order valence-corrected chi connectivity index (χ3v) is 3.78. The molecular weight excluding hydrogens is 288 g/mol.